The Kier molecular flexibility index (Phi) is 5.34. The van der Waals surface area contributed by atoms with Crippen LogP contribution in [0.5, 0.6) is 0 Å². The maximum absolute atomic E-state index is 12.8. The lowest BCUT2D eigenvalue weighted by atomic mass is 10.2. The van der Waals surface area contributed by atoms with Crippen molar-refractivity contribution < 1.29 is 13.2 Å². The molecule has 0 aliphatic rings. The van der Waals surface area contributed by atoms with Gasteiger partial charge in [-0.2, -0.15) is 8.42 Å². The smallest absolute Gasteiger partial charge is 0.280 e. The van der Waals surface area contributed by atoms with Gasteiger partial charge in [0.1, 0.15) is 5.69 Å². The number of nitrogens with one attached hydrogen (secondary N) is 2. The highest BCUT2D eigenvalue weighted by Gasteiger charge is 2.19. The molecule has 31 heavy (non-hydrogen) atoms. The molecule has 2 N–H and O–H groups in total. The Morgan fingerprint density at radius 1 is 1.10 bits per heavy atom. The first-order chi connectivity index (χ1) is 14.8. The van der Waals surface area contributed by atoms with Gasteiger partial charge in [-0.05, 0) is 36.8 Å². The zero-order valence-electron chi connectivity index (χ0n) is 16.5. The van der Waals surface area contributed by atoms with Crippen LogP contribution in [0, 0.1) is 6.92 Å². The molecule has 1 amide bonds. The molecule has 0 unspecified atom stereocenters. The summed E-state index contributed by atoms with van der Waals surface area (Å²) in [5.41, 5.74) is 2.50. The number of aromatic nitrogens is 4. The van der Waals surface area contributed by atoms with E-state index in [2.05, 4.69) is 25.0 Å². The highest BCUT2D eigenvalue weighted by Crippen LogP contribution is 2.29. The maximum atomic E-state index is 12.8. The molecule has 158 valence electrons. The number of anilines is 2. The molecule has 9 nitrogen and oxygen atoms in total. The molecule has 1 aromatic carbocycles. The van der Waals surface area contributed by atoms with Gasteiger partial charge in [-0.15, -0.1) is 0 Å². The average Bonchev–Trinajstić information content (AvgIpc) is 3.09. The number of rotatable bonds is 5. The molecule has 0 saturated carbocycles. The summed E-state index contributed by atoms with van der Waals surface area (Å²) in [5.74, 6) is -0.297. The Balaban J connectivity index is 1.54. The second-order valence-electron chi connectivity index (χ2n) is 6.75. The number of aryl methyl sites for hydroxylation is 2. The van der Waals surface area contributed by atoms with E-state index >= 15 is 0 Å². The van der Waals surface area contributed by atoms with Crippen LogP contribution in [0.3, 0.4) is 0 Å². The summed E-state index contributed by atoms with van der Waals surface area (Å²) < 4.78 is 28.9. The van der Waals surface area contributed by atoms with Gasteiger partial charge in [0.15, 0.2) is 10.8 Å². The van der Waals surface area contributed by atoms with Crippen LogP contribution in [0.25, 0.3) is 10.9 Å². The van der Waals surface area contributed by atoms with Gasteiger partial charge < -0.3 is 9.88 Å². The van der Waals surface area contributed by atoms with E-state index in [4.69, 9.17) is 11.6 Å². The number of hydrogen-bond donors (Lipinski definition) is 2. The average molecular weight is 457 g/mol. The molecule has 3 aromatic heterocycles. The summed E-state index contributed by atoms with van der Waals surface area (Å²) >= 11 is 6.37. The monoisotopic (exact) mass is 456 g/mol. The first-order valence-electron chi connectivity index (χ1n) is 9.07. The lowest BCUT2D eigenvalue weighted by molar-refractivity contribution is 0.101. The molecule has 0 aliphatic heterocycles. The molecular formula is C20H17ClN6O3S. The van der Waals surface area contributed by atoms with E-state index < -0.39 is 10.0 Å². The normalized spacial score (nSPS) is 11.5. The van der Waals surface area contributed by atoms with Gasteiger partial charge in [0.25, 0.3) is 15.9 Å². The van der Waals surface area contributed by atoms with E-state index in [1.165, 1.54) is 36.9 Å². The lowest BCUT2D eigenvalue weighted by Crippen LogP contribution is -2.17. The number of pyridine rings is 1. The Morgan fingerprint density at radius 3 is 2.58 bits per heavy atom. The number of carbonyl (C=O) groups excluding carboxylic acids is 1. The Bertz CT molecular complexity index is 1390. The second kappa shape index (κ2) is 7.97. The number of benzene rings is 1. The van der Waals surface area contributed by atoms with Crippen molar-refractivity contribution in [2.24, 2.45) is 7.05 Å². The summed E-state index contributed by atoms with van der Waals surface area (Å²) in [5, 5.41) is 3.88. The predicted molar refractivity (Wildman–Crippen MR) is 118 cm³/mol. The number of sulfonamides is 1. The Labute approximate surface area is 183 Å². The van der Waals surface area contributed by atoms with E-state index in [0.29, 0.717) is 16.4 Å². The molecule has 0 bridgehead atoms. The van der Waals surface area contributed by atoms with Crippen molar-refractivity contribution in [2.45, 2.75) is 11.9 Å². The summed E-state index contributed by atoms with van der Waals surface area (Å²) in [7, 11) is -2.17. The molecule has 0 saturated heterocycles. The fraction of sp³-hybridized carbons (Fsp3) is 0.100. The van der Waals surface area contributed by atoms with Crippen molar-refractivity contribution in [1.29, 1.82) is 0 Å². The minimum atomic E-state index is -3.94. The lowest BCUT2D eigenvalue weighted by Gasteiger charge is -2.08. The minimum Gasteiger partial charge on any atom is -0.340 e. The number of carbonyl (C=O) groups is 1. The molecule has 0 aliphatic carbocycles. The third kappa shape index (κ3) is 4.07. The highest BCUT2D eigenvalue weighted by atomic mass is 35.5. The molecule has 0 spiro atoms. The second-order valence-corrected chi connectivity index (χ2v) is 8.76. The quantitative estimate of drug-likeness (QED) is 0.475. The highest BCUT2D eigenvalue weighted by molar-refractivity contribution is 7.92. The number of halogens is 1. The van der Waals surface area contributed by atoms with Gasteiger partial charge in [0, 0.05) is 30.3 Å². The fourth-order valence-electron chi connectivity index (χ4n) is 3.05. The third-order valence-corrected chi connectivity index (χ3v) is 6.43. The molecule has 0 radical (unpaired) electrons. The number of hydrogen-bond acceptors (Lipinski definition) is 6. The van der Waals surface area contributed by atoms with E-state index in [1.54, 1.807) is 17.7 Å². The van der Waals surface area contributed by atoms with Crippen molar-refractivity contribution >= 4 is 49.9 Å². The van der Waals surface area contributed by atoms with Crippen molar-refractivity contribution in [3.05, 3.63) is 71.4 Å². The molecule has 11 heteroatoms. The topological polar surface area (TPSA) is 119 Å². The summed E-state index contributed by atoms with van der Waals surface area (Å²) in [6.07, 6.45) is 5.34. The summed E-state index contributed by atoms with van der Waals surface area (Å²) in [6.45, 7) is 1.90. The van der Waals surface area contributed by atoms with E-state index in [-0.39, 0.29) is 16.8 Å². The van der Waals surface area contributed by atoms with E-state index in [1.807, 2.05) is 19.1 Å². The van der Waals surface area contributed by atoms with Crippen molar-refractivity contribution in [1.82, 2.24) is 19.5 Å². The SMILES string of the molecule is Cc1ccc2c(cc(C(=O)Nc3ccc(S(=O)(=O)Nc4cnccn4)nc3)n2C)c1Cl. The van der Waals surface area contributed by atoms with Crippen LogP contribution in [0.15, 0.2) is 60.1 Å². The van der Waals surface area contributed by atoms with Crippen LogP contribution in [-0.2, 0) is 17.1 Å². The number of fused-ring (bicyclic) bond motifs is 1. The Hall–Kier alpha value is -3.50. The van der Waals surface area contributed by atoms with Gasteiger partial charge in [0.05, 0.1) is 23.1 Å². The van der Waals surface area contributed by atoms with Crippen LogP contribution in [0.1, 0.15) is 16.1 Å². The molecule has 4 aromatic rings. The standard InChI is InChI=1S/C20H17ClN6O3S/c1-12-3-5-15-14(19(12)21)9-16(27(15)2)20(28)25-13-4-6-18(24-10-13)31(29,30)26-17-11-22-7-8-23-17/h3-11H,1-2H3,(H,23,26)(H,25,28). The van der Waals surface area contributed by atoms with Gasteiger partial charge in [-0.3, -0.25) is 14.5 Å². The Morgan fingerprint density at radius 2 is 1.90 bits per heavy atom. The number of amides is 1. The van der Waals surface area contributed by atoms with Gasteiger partial charge in [0.2, 0.25) is 0 Å². The van der Waals surface area contributed by atoms with Gasteiger partial charge >= 0.3 is 0 Å². The molecule has 4 rings (SSSR count). The molecule has 0 fully saturated rings. The number of nitrogens with zero attached hydrogens (tertiary/aromatic N) is 4. The zero-order valence-corrected chi connectivity index (χ0v) is 18.1. The van der Waals surface area contributed by atoms with Crippen LogP contribution >= 0.6 is 11.6 Å². The largest absolute Gasteiger partial charge is 0.340 e. The van der Waals surface area contributed by atoms with Gasteiger partial charge in [-0.1, -0.05) is 17.7 Å². The first kappa shape index (κ1) is 20.8. The molecule has 0 atom stereocenters. The van der Waals surface area contributed by atoms with Crippen molar-refractivity contribution in [3.8, 4) is 0 Å². The van der Waals surface area contributed by atoms with Crippen LogP contribution in [0.2, 0.25) is 5.02 Å². The minimum absolute atomic E-state index is 0.0753. The summed E-state index contributed by atoms with van der Waals surface area (Å²) in [4.78, 5) is 24.4. The van der Waals surface area contributed by atoms with Gasteiger partial charge in [-0.25, -0.2) is 9.97 Å². The van der Waals surface area contributed by atoms with E-state index in [0.717, 1.165) is 16.5 Å². The zero-order chi connectivity index (χ0) is 22.2. The van der Waals surface area contributed by atoms with Crippen LogP contribution < -0.4 is 10.0 Å². The van der Waals surface area contributed by atoms with Crippen LogP contribution in [-0.4, -0.2) is 33.8 Å². The molecule has 3 heterocycles. The first-order valence-corrected chi connectivity index (χ1v) is 10.9. The maximum Gasteiger partial charge on any atom is 0.280 e. The van der Waals surface area contributed by atoms with E-state index in [9.17, 15) is 13.2 Å². The summed E-state index contributed by atoms with van der Waals surface area (Å²) in [6, 6.07) is 8.26. The van der Waals surface area contributed by atoms with Crippen molar-refractivity contribution in [3.63, 3.8) is 0 Å². The van der Waals surface area contributed by atoms with Crippen molar-refractivity contribution in [2.75, 3.05) is 10.0 Å². The third-order valence-electron chi connectivity index (χ3n) is 4.66. The van der Waals surface area contributed by atoms with Crippen LogP contribution in [0.4, 0.5) is 11.5 Å². The molecular weight excluding hydrogens is 440 g/mol. The predicted octanol–water partition coefficient (Wildman–Crippen LogP) is 3.38. The fourth-order valence-corrected chi connectivity index (χ4v) is 4.19.